The number of ether oxygens (including phenoxy) is 1. The van der Waals surface area contributed by atoms with E-state index in [0.717, 1.165) is 31.0 Å². The lowest BCUT2D eigenvalue weighted by Gasteiger charge is -2.04. The predicted molar refractivity (Wildman–Crippen MR) is 66.0 cm³/mol. The van der Waals surface area contributed by atoms with E-state index >= 15 is 0 Å². The molecule has 16 heavy (non-hydrogen) atoms. The third kappa shape index (κ3) is 2.05. The Labute approximate surface area is 97.1 Å². The minimum absolute atomic E-state index is 0.777. The van der Waals surface area contributed by atoms with E-state index in [1.54, 1.807) is 0 Å². The maximum absolute atomic E-state index is 5.50. The smallest absolute Gasteiger partial charge is 0.0498 e. The molecule has 1 nitrogen and oxygen atoms in total. The SMILES string of the molecule is C(=C\C1C[C@H]2COC[C@H]2C1)/c1ccccc1. The van der Waals surface area contributed by atoms with Crippen molar-refractivity contribution >= 4 is 6.08 Å². The molecule has 0 spiro atoms. The molecule has 1 heterocycles. The van der Waals surface area contributed by atoms with Crippen molar-refractivity contribution in [3.63, 3.8) is 0 Å². The van der Waals surface area contributed by atoms with Crippen LogP contribution >= 0.6 is 0 Å². The Hall–Kier alpha value is -1.08. The van der Waals surface area contributed by atoms with Gasteiger partial charge in [0, 0.05) is 13.2 Å². The highest BCUT2D eigenvalue weighted by Crippen LogP contribution is 2.41. The van der Waals surface area contributed by atoms with Crippen LogP contribution in [0.3, 0.4) is 0 Å². The lowest BCUT2D eigenvalue weighted by atomic mass is 10.0. The summed E-state index contributed by atoms with van der Waals surface area (Å²) in [5.74, 6) is 2.45. The Morgan fingerprint density at radius 3 is 2.38 bits per heavy atom. The van der Waals surface area contributed by atoms with Crippen LogP contribution in [-0.2, 0) is 4.74 Å². The number of hydrogen-bond donors (Lipinski definition) is 0. The average molecular weight is 214 g/mol. The second-order valence-corrected chi connectivity index (χ2v) is 5.06. The molecule has 0 bridgehead atoms. The molecule has 1 aliphatic heterocycles. The molecule has 1 aromatic rings. The second kappa shape index (κ2) is 4.42. The average Bonchev–Trinajstić information content (AvgIpc) is 2.88. The Morgan fingerprint density at radius 1 is 1.00 bits per heavy atom. The highest BCUT2D eigenvalue weighted by Gasteiger charge is 2.36. The fraction of sp³-hybridized carbons (Fsp3) is 0.467. The first kappa shape index (κ1) is 10.1. The van der Waals surface area contributed by atoms with Crippen LogP contribution in [0.25, 0.3) is 6.08 Å². The summed E-state index contributed by atoms with van der Waals surface area (Å²) in [4.78, 5) is 0. The quantitative estimate of drug-likeness (QED) is 0.733. The Morgan fingerprint density at radius 2 is 1.69 bits per heavy atom. The Kier molecular flexibility index (Phi) is 2.79. The third-order valence-corrected chi connectivity index (χ3v) is 3.90. The Bertz CT molecular complexity index is 356. The van der Waals surface area contributed by atoms with Crippen molar-refractivity contribution in [3.8, 4) is 0 Å². The topological polar surface area (TPSA) is 9.23 Å². The zero-order chi connectivity index (χ0) is 10.8. The van der Waals surface area contributed by atoms with Gasteiger partial charge in [-0.1, -0.05) is 42.5 Å². The number of allylic oxidation sites excluding steroid dienone is 1. The zero-order valence-corrected chi connectivity index (χ0v) is 9.51. The summed E-state index contributed by atoms with van der Waals surface area (Å²) in [7, 11) is 0. The molecule has 0 radical (unpaired) electrons. The fourth-order valence-electron chi connectivity index (χ4n) is 3.01. The first-order chi connectivity index (χ1) is 7.92. The molecule has 1 saturated carbocycles. The molecule has 1 aliphatic carbocycles. The van der Waals surface area contributed by atoms with Gasteiger partial charge >= 0.3 is 0 Å². The van der Waals surface area contributed by atoms with E-state index in [-0.39, 0.29) is 0 Å². The lowest BCUT2D eigenvalue weighted by Crippen LogP contribution is -2.01. The minimum Gasteiger partial charge on any atom is -0.381 e. The van der Waals surface area contributed by atoms with E-state index in [2.05, 4.69) is 42.5 Å². The lowest BCUT2D eigenvalue weighted by molar-refractivity contribution is 0.170. The van der Waals surface area contributed by atoms with Gasteiger partial charge in [-0.25, -0.2) is 0 Å². The normalized spacial score (nSPS) is 33.4. The van der Waals surface area contributed by atoms with Crippen molar-refractivity contribution in [1.29, 1.82) is 0 Å². The molecular weight excluding hydrogens is 196 g/mol. The predicted octanol–water partition coefficient (Wildman–Crippen LogP) is 3.37. The summed E-state index contributed by atoms with van der Waals surface area (Å²) in [5, 5.41) is 0. The molecule has 0 N–H and O–H groups in total. The van der Waals surface area contributed by atoms with E-state index in [0.29, 0.717) is 0 Å². The van der Waals surface area contributed by atoms with Gasteiger partial charge in [0.1, 0.15) is 0 Å². The van der Waals surface area contributed by atoms with Crippen LogP contribution < -0.4 is 0 Å². The van der Waals surface area contributed by atoms with Crippen LogP contribution in [0, 0.1) is 17.8 Å². The summed E-state index contributed by atoms with van der Waals surface area (Å²) in [6, 6.07) is 10.6. The van der Waals surface area contributed by atoms with E-state index < -0.39 is 0 Å². The zero-order valence-electron chi connectivity index (χ0n) is 9.51. The fourth-order valence-corrected chi connectivity index (χ4v) is 3.01. The van der Waals surface area contributed by atoms with Crippen LogP contribution in [0.5, 0.6) is 0 Å². The van der Waals surface area contributed by atoms with Crippen LogP contribution in [0.1, 0.15) is 18.4 Å². The third-order valence-electron chi connectivity index (χ3n) is 3.90. The van der Waals surface area contributed by atoms with Gasteiger partial charge in [0.15, 0.2) is 0 Å². The summed E-state index contributed by atoms with van der Waals surface area (Å²) in [6.07, 6.45) is 7.32. The van der Waals surface area contributed by atoms with Crippen LogP contribution in [0.2, 0.25) is 0 Å². The molecule has 1 unspecified atom stereocenters. The van der Waals surface area contributed by atoms with Crippen LogP contribution in [-0.4, -0.2) is 13.2 Å². The first-order valence-corrected chi connectivity index (χ1v) is 6.23. The van der Waals surface area contributed by atoms with Gasteiger partial charge in [-0.3, -0.25) is 0 Å². The van der Waals surface area contributed by atoms with Gasteiger partial charge < -0.3 is 4.74 Å². The monoisotopic (exact) mass is 214 g/mol. The Balaban J connectivity index is 1.62. The number of fused-ring (bicyclic) bond motifs is 1. The van der Waals surface area contributed by atoms with Gasteiger partial charge in [-0.05, 0) is 36.2 Å². The van der Waals surface area contributed by atoms with Gasteiger partial charge in [-0.15, -0.1) is 0 Å². The van der Waals surface area contributed by atoms with E-state index in [1.165, 1.54) is 18.4 Å². The van der Waals surface area contributed by atoms with Crippen molar-refractivity contribution < 1.29 is 4.74 Å². The number of rotatable bonds is 2. The van der Waals surface area contributed by atoms with Crippen molar-refractivity contribution in [2.45, 2.75) is 12.8 Å². The van der Waals surface area contributed by atoms with Gasteiger partial charge in [0.2, 0.25) is 0 Å². The largest absolute Gasteiger partial charge is 0.381 e. The standard InChI is InChI=1S/C15H18O/c1-2-4-12(5-3-1)6-7-13-8-14-10-16-11-15(14)9-13/h1-7,13-15H,8-11H2/b7-6+/t13?,14-,15+. The second-order valence-electron chi connectivity index (χ2n) is 5.06. The molecule has 3 rings (SSSR count). The van der Waals surface area contributed by atoms with Crippen molar-refractivity contribution in [2.75, 3.05) is 13.2 Å². The van der Waals surface area contributed by atoms with Gasteiger partial charge in [-0.2, -0.15) is 0 Å². The molecular formula is C15H18O. The molecule has 1 saturated heterocycles. The van der Waals surface area contributed by atoms with Gasteiger partial charge in [0.05, 0.1) is 0 Å². The molecule has 2 aliphatic rings. The molecule has 1 aromatic carbocycles. The maximum Gasteiger partial charge on any atom is 0.0498 e. The summed E-state index contributed by atoms with van der Waals surface area (Å²) >= 11 is 0. The summed E-state index contributed by atoms with van der Waals surface area (Å²) in [6.45, 7) is 2.00. The van der Waals surface area contributed by atoms with Crippen molar-refractivity contribution in [3.05, 3.63) is 42.0 Å². The van der Waals surface area contributed by atoms with Gasteiger partial charge in [0.25, 0.3) is 0 Å². The molecule has 2 fully saturated rings. The minimum atomic E-state index is 0.777. The summed E-state index contributed by atoms with van der Waals surface area (Å²) < 4.78 is 5.50. The maximum atomic E-state index is 5.50. The molecule has 84 valence electrons. The molecule has 1 heteroatoms. The highest BCUT2D eigenvalue weighted by molar-refractivity contribution is 5.49. The number of benzene rings is 1. The number of hydrogen-bond acceptors (Lipinski definition) is 1. The van der Waals surface area contributed by atoms with Crippen molar-refractivity contribution in [1.82, 2.24) is 0 Å². The molecule has 0 amide bonds. The molecule has 0 aromatic heterocycles. The van der Waals surface area contributed by atoms with Crippen molar-refractivity contribution in [2.24, 2.45) is 17.8 Å². The van der Waals surface area contributed by atoms with E-state index in [9.17, 15) is 0 Å². The van der Waals surface area contributed by atoms with Crippen LogP contribution in [0.4, 0.5) is 0 Å². The highest BCUT2D eigenvalue weighted by atomic mass is 16.5. The van der Waals surface area contributed by atoms with Crippen LogP contribution in [0.15, 0.2) is 36.4 Å². The summed E-state index contributed by atoms with van der Waals surface area (Å²) in [5.41, 5.74) is 1.32. The van der Waals surface area contributed by atoms with E-state index in [4.69, 9.17) is 4.74 Å². The van der Waals surface area contributed by atoms with E-state index in [1.807, 2.05) is 0 Å². The first-order valence-electron chi connectivity index (χ1n) is 6.23. The molecule has 3 atom stereocenters.